The smallest absolute Gasteiger partial charge is 0.0931 e. The van der Waals surface area contributed by atoms with Crippen molar-refractivity contribution < 1.29 is 0 Å². The van der Waals surface area contributed by atoms with Crippen LogP contribution in [-0.2, 0) is 18.3 Å². The molecule has 0 aliphatic carbocycles. The van der Waals surface area contributed by atoms with E-state index in [9.17, 15) is 0 Å². The molecule has 0 amide bonds. The van der Waals surface area contributed by atoms with Gasteiger partial charge in [-0.3, -0.25) is 0 Å². The van der Waals surface area contributed by atoms with Crippen molar-refractivity contribution in [1.82, 2.24) is 4.98 Å². The van der Waals surface area contributed by atoms with E-state index in [1.165, 1.54) is 21.8 Å². The third-order valence-electron chi connectivity index (χ3n) is 3.72. The van der Waals surface area contributed by atoms with Gasteiger partial charge in [0.15, 0.2) is 0 Å². The lowest BCUT2D eigenvalue weighted by Gasteiger charge is -2.15. The number of rotatable bonds is 5. The first kappa shape index (κ1) is 16.2. The largest absolute Gasteiger partial charge is 0.330 e. The summed E-state index contributed by atoms with van der Waals surface area (Å²) in [4.78, 5) is 4.79. The van der Waals surface area contributed by atoms with Gasteiger partial charge in [0.1, 0.15) is 0 Å². The molecule has 3 heteroatoms. The molecule has 0 saturated heterocycles. The predicted octanol–water partition coefficient (Wildman–Crippen LogP) is 4.11. The molecule has 0 aliphatic heterocycles. The van der Waals surface area contributed by atoms with E-state index in [0.29, 0.717) is 12.5 Å². The van der Waals surface area contributed by atoms with Gasteiger partial charge < -0.3 is 5.73 Å². The molecule has 1 aromatic heterocycles. The quantitative estimate of drug-likeness (QED) is 0.902. The predicted molar refractivity (Wildman–Crippen MR) is 91.9 cm³/mol. The lowest BCUT2D eigenvalue weighted by Crippen LogP contribution is -2.19. The van der Waals surface area contributed by atoms with Crippen molar-refractivity contribution in [3.63, 3.8) is 0 Å². The van der Waals surface area contributed by atoms with Crippen LogP contribution in [0.15, 0.2) is 29.6 Å². The number of nitrogens with two attached hydrogens (primary N) is 1. The van der Waals surface area contributed by atoms with Gasteiger partial charge in [-0.25, -0.2) is 4.98 Å². The van der Waals surface area contributed by atoms with E-state index in [1.54, 1.807) is 11.3 Å². The molecule has 0 bridgehead atoms. The van der Waals surface area contributed by atoms with Gasteiger partial charge in [-0.1, -0.05) is 50.6 Å². The van der Waals surface area contributed by atoms with Gasteiger partial charge in [-0.2, -0.15) is 0 Å². The third kappa shape index (κ3) is 4.65. The molecule has 1 unspecified atom stereocenters. The number of thiazole rings is 1. The third-order valence-corrected chi connectivity index (χ3v) is 4.59. The van der Waals surface area contributed by atoms with Crippen molar-refractivity contribution in [1.29, 1.82) is 0 Å². The van der Waals surface area contributed by atoms with Gasteiger partial charge in [0, 0.05) is 17.2 Å². The van der Waals surface area contributed by atoms with Crippen LogP contribution in [0.3, 0.4) is 0 Å². The second-order valence-electron chi connectivity index (χ2n) is 6.88. The Balaban J connectivity index is 2.04. The monoisotopic (exact) mass is 302 g/mol. The van der Waals surface area contributed by atoms with Crippen LogP contribution in [0.2, 0.25) is 0 Å². The minimum atomic E-state index is 0.128. The Hall–Kier alpha value is -1.19. The van der Waals surface area contributed by atoms with Crippen LogP contribution in [0.5, 0.6) is 0 Å². The molecule has 1 atom stereocenters. The van der Waals surface area contributed by atoms with E-state index < -0.39 is 0 Å². The number of aromatic nitrogens is 1. The minimum Gasteiger partial charge on any atom is -0.330 e. The van der Waals surface area contributed by atoms with Crippen LogP contribution in [0.4, 0.5) is 0 Å². The maximum Gasteiger partial charge on any atom is 0.0931 e. The Labute approximate surface area is 132 Å². The summed E-state index contributed by atoms with van der Waals surface area (Å²) >= 11 is 1.77. The zero-order valence-electron chi connectivity index (χ0n) is 13.5. The first-order valence-corrected chi connectivity index (χ1v) is 8.47. The number of aryl methyl sites for hydroxylation is 1. The Bertz CT molecular complexity index is 581. The molecule has 2 aromatic rings. The number of nitrogens with zero attached hydrogens (tertiary/aromatic N) is 1. The zero-order valence-corrected chi connectivity index (χ0v) is 14.3. The second kappa shape index (κ2) is 6.71. The van der Waals surface area contributed by atoms with Gasteiger partial charge in [-0.15, -0.1) is 11.3 Å². The first-order chi connectivity index (χ1) is 9.88. The summed E-state index contributed by atoms with van der Waals surface area (Å²) < 4.78 is 0. The molecule has 0 aliphatic rings. The van der Waals surface area contributed by atoms with Gasteiger partial charge >= 0.3 is 0 Å². The average Bonchev–Trinajstić information content (AvgIpc) is 2.86. The fourth-order valence-electron chi connectivity index (χ4n) is 2.41. The van der Waals surface area contributed by atoms with Crippen molar-refractivity contribution in [3.05, 3.63) is 51.5 Å². The summed E-state index contributed by atoms with van der Waals surface area (Å²) in [6, 6.07) is 8.71. The van der Waals surface area contributed by atoms with Crippen LogP contribution < -0.4 is 5.73 Å². The summed E-state index contributed by atoms with van der Waals surface area (Å²) in [7, 11) is 0. The summed E-state index contributed by atoms with van der Waals surface area (Å²) in [6.07, 6.45) is 2.01. The molecule has 0 fully saturated rings. The van der Waals surface area contributed by atoms with Gasteiger partial charge in [-0.05, 0) is 31.4 Å². The van der Waals surface area contributed by atoms with E-state index in [2.05, 4.69) is 57.3 Å². The fourth-order valence-corrected chi connectivity index (χ4v) is 3.54. The number of hydrogen-bond donors (Lipinski definition) is 1. The van der Waals surface area contributed by atoms with Crippen LogP contribution >= 0.6 is 11.3 Å². The van der Waals surface area contributed by atoms with Crippen LogP contribution in [0.25, 0.3) is 0 Å². The van der Waals surface area contributed by atoms with E-state index in [0.717, 1.165) is 12.8 Å². The molecule has 0 saturated carbocycles. The molecule has 1 aromatic carbocycles. The minimum absolute atomic E-state index is 0.128. The van der Waals surface area contributed by atoms with E-state index >= 15 is 0 Å². The van der Waals surface area contributed by atoms with Crippen molar-refractivity contribution in [2.75, 3.05) is 6.54 Å². The highest BCUT2D eigenvalue weighted by atomic mass is 32.1. The SMILES string of the molecule is Cc1cccc(CC(CN)Cc2nc(C(C)(C)C)cs2)c1. The van der Waals surface area contributed by atoms with E-state index in [1.807, 2.05) is 0 Å². The van der Waals surface area contributed by atoms with E-state index in [4.69, 9.17) is 10.7 Å². The topological polar surface area (TPSA) is 38.9 Å². The summed E-state index contributed by atoms with van der Waals surface area (Å²) in [5.74, 6) is 0.464. The number of benzene rings is 1. The molecular weight excluding hydrogens is 276 g/mol. The molecule has 2 nitrogen and oxygen atoms in total. The summed E-state index contributed by atoms with van der Waals surface area (Å²) in [6.45, 7) is 9.47. The Kier molecular flexibility index (Phi) is 5.17. The zero-order chi connectivity index (χ0) is 15.5. The molecule has 114 valence electrons. The van der Waals surface area contributed by atoms with Crippen molar-refractivity contribution in [2.45, 2.75) is 46.0 Å². The molecule has 0 spiro atoms. The van der Waals surface area contributed by atoms with Crippen molar-refractivity contribution >= 4 is 11.3 Å². The molecule has 21 heavy (non-hydrogen) atoms. The molecule has 0 radical (unpaired) electrons. The summed E-state index contributed by atoms with van der Waals surface area (Å²) in [5, 5.41) is 3.40. The van der Waals surface area contributed by atoms with E-state index in [-0.39, 0.29) is 5.41 Å². The second-order valence-corrected chi connectivity index (χ2v) is 7.82. The molecular formula is C18H26N2S. The maximum atomic E-state index is 5.98. The lowest BCUT2D eigenvalue weighted by atomic mass is 9.93. The van der Waals surface area contributed by atoms with Crippen molar-refractivity contribution in [2.24, 2.45) is 11.7 Å². The normalized spacial score (nSPS) is 13.4. The van der Waals surface area contributed by atoms with Gasteiger partial charge in [0.25, 0.3) is 0 Å². The average molecular weight is 302 g/mol. The fraction of sp³-hybridized carbons (Fsp3) is 0.500. The van der Waals surface area contributed by atoms with Crippen LogP contribution in [0, 0.1) is 12.8 Å². The number of hydrogen-bond acceptors (Lipinski definition) is 3. The van der Waals surface area contributed by atoms with Crippen molar-refractivity contribution in [3.8, 4) is 0 Å². The van der Waals surface area contributed by atoms with Crippen LogP contribution in [0.1, 0.15) is 42.6 Å². The van der Waals surface area contributed by atoms with Crippen LogP contribution in [-0.4, -0.2) is 11.5 Å². The molecule has 2 N–H and O–H groups in total. The summed E-state index contributed by atoms with van der Waals surface area (Å²) in [5.41, 5.74) is 9.98. The first-order valence-electron chi connectivity index (χ1n) is 7.59. The molecule has 1 heterocycles. The van der Waals surface area contributed by atoms with Gasteiger partial charge in [0.2, 0.25) is 0 Å². The Morgan fingerprint density at radius 3 is 2.57 bits per heavy atom. The maximum absolute atomic E-state index is 5.98. The highest BCUT2D eigenvalue weighted by Crippen LogP contribution is 2.25. The Morgan fingerprint density at radius 2 is 2.00 bits per heavy atom. The Morgan fingerprint density at radius 1 is 1.24 bits per heavy atom. The highest BCUT2D eigenvalue weighted by molar-refractivity contribution is 7.09. The molecule has 2 rings (SSSR count). The standard InChI is InChI=1S/C18H26N2S/c1-13-6-5-7-14(8-13)9-15(11-19)10-17-20-16(12-21-17)18(2,3)4/h5-8,12,15H,9-11,19H2,1-4H3. The van der Waals surface area contributed by atoms with Gasteiger partial charge in [0.05, 0.1) is 10.7 Å². The highest BCUT2D eigenvalue weighted by Gasteiger charge is 2.19. The lowest BCUT2D eigenvalue weighted by molar-refractivity contribution is 0.525.